The summed E-state index contributed by atoms with van der Waals surface area (Å²) in [6.07, 6.45) is 0. The molecule has 6 nitrogen and oxygen atoms in total. The van der Waals surface area contributed by atoms with E-state index in [0.717, 1.165) is 17.7 Å². The zero-order valence-corrected chi connectivity index (χ0v) is 19.8. The van der Waals surface area contributed by atoms with Gasteiger partial charge in [-0.05, 0) is 35.9 Å². The SMILES string of the molecule is O=C(NCc1nnc(SCc2ccccc2)n1-c1cc(Cl)ccc1Cl)Nc1ccc(F)c(F)c1. The molecule has 11 heteroatoms. The zero-order chi connectivity index (χ0) is 24.1. The summed E-state index contributed by atoms with van der Waals surface area (Å²) in [5.41, 5.74) is 1.77. The number of hydrogen-bond donors (Lipinski definition) is 2. The number of anilines is 1. The predicted octanol–water partition coefficient (Wildman–Crippen LogP) is 6.47. The molecule has 0 unspecified atom stereocenters. The van der Waals surface area contributed by atoms with Gasteiger partial charge in [-0.3, -0.25) is 4.57 Å². The lowest BCUT2D eigenvalue weighted by atomic mass is 10.2. The summed E-state index contributed by atoms with van der Waals surface area (Å²) in [5, 5.41) is 15.0. The molecule has 0 aliphatic heterocycles. The smallest absolute Gasteiger partial charge is 0.319 e. The minimum Gasteiger partial charge on any atom is -0.331 e. The number of thioether (sulfide) groups is 1. The summed E-state index contributed by atoms with van der Waals surface area (Å²) in [6.45, 7) is -0.0166. The van der Waals surface area contributed by atoms with Gasteiger partial charge in [-0.15, -0.1) is 10.2 Å². The maximum atomic E-state index is 13.4. The Kier molecular flexibility index (Phi) is 7.66. The first-order chi connectivity index (χ1) is 16.4. The van der Waals surface area contributed by atoms with Gasteiger partial charge in [-0.1, -0.05) is 65.3 Å². The van der Waals surface area contributed by atoms with Crippen LogP contribution >= 0.6 is 35.0 Å². The van der Waals surface area contributed by atoms with Gasteiger partial charge >= 0.3 is 6.03 Å². The van der Waals surface area contributed by atoms with Crippen LogP contribution in [0.4, 0.5) is 19.3 Å². The van der Waals surface area contributed by atoms with Crippen molar-refractivity contribution >= 4 is 46.7 Å². The molecule has 0 aliphatic rings. The number of urea groups is 1. The maximum Gasteiger partial charge on any atom is 0.319 e. The van der Waals surface area contributed by atoms with Crippen LogP contribution in [0.3, 0.4) is 0 Å². The fourth-order valence-electron chi connectivity index (χ4n) is 3.04. The number of nitrogens with zero attached hydrogens (tertiary/aromatic N) is 3. The minimum absolute atomic E-state index is 0.0166. The molecule has 1 heterocycles. The Balaban J connectivity index is 1.55. The van der Waals surface area contributed by atoms with E-state index in [1.807, 2.05) is 30.3 Å². The van der Waals surface area contributed by atoms with Crippen molar-refractivity contribution in [2.24, 2.45) is 0 Å². The average molecular weight is 520 g/mol. The van der Waals surface area contributed by atoms with Crippen molar-refractivity contribution in [3.63, 3.8) is 0 Å². The highest BCUT2D eigenvalue weighted by Gasteiger charge is 2.18. The highest BCUT2D eigenvalue weighted by Crippen LogP contribution is 2.31. The van der Waals surface area contributed by atoms with Gasteiger partial charge in [0.25, 0.3) is 0 Å². The molecule has 3 aromatic carbocycles. The van der Waals surface area contributed by atoms with E-state index in [0.29, 0.717) is 32.5 Å². The minimum atomic E-state index is -1.06. The van der Waals surface area contributed by atoms with Crippen LogP contribution in [-0.2, 0) is 12.3 Å². The largest absolute Gasteiger partial charge is 0.331 e. The van der Waals surface area contributed by atoms with Crippen molar-refractivity contribution in [2.75, 3.05) is 5.32 Å². The molecule has 0 saturated heterocycles. The van der Waals surface area contributed by atoms with Crippen LogP contribution < -0.4 is 10.6 Å². The summed E-state index contributed by atoms with van der Waals surface area (Å²) >= 11 is 14.1. The maximum absolute atomic E-state index is 13.4. The van der Waals surface area contributed by atoms with Crippen molar-refractivity contribution in [3.8, 4) is 5.69 Å². The number of aromatic nitrogens is 3. The second-order valence-electron chi connectivity index (χ2n) is 7.04. The van der Waals surface area contributed by atoms with Gasteiger partial charge in [0, 0.05) is 22.5 Å². The normalized spacial score (nSPS) is 10.8. The Morgan fingerprint density at radius 2 is 1.76 bits per heavy atom. The fourth-order valence-corrected chi connectivity index (χ4v) is 4.33. The number of carbonyl (C=O) groups excluding carboxylic acids is 1. The number of amides is 2. The quantitative estimate of drug-likeness (QED) is 0.274. The third kappa shape index (κ3) is 5.85. The Hall–Kier alpha value is -3.14. The Morgan fingerprint density at radius 1 is 0.971 bits per heavy atom. The van der Waals surface area contributed by atoms with Crippen molar-refractivity contribution in [2.45, 2.75) is 17.5 Å². The Morgan fingerprint density at radius 3 is 2.53 bits per heavy atom. The molecule has 0 radical (unpaired) electrons. The van der Waals surface area contributed by atoms with Gasteiger partial charge in [0.2, 0.25) is 0 Å². The molecule has 0 bridgehead atoms. The number of benzene rings is 3. The summed E-state index contributed by atoms with van der Waals surface area (Å²) in [5.74, 6) is -1.02. The van der Waals surface area contributed by atoms with Crippen molar-refractivity contribution in [1.29, 1.82) is 0 Å². The molecule has 2 amide bonds. The highest BCUT2D eigenvalue weighted by atomic mass is 35.5. The summed E-state index contributed by atoms with van der Waals surface area (Å²) in [4.78, 5) is 12.3. The first-order valence-corrected chi connectivity index (χ1v) is 11.7. The van der Waals surface area contributed by atoms with Crippen LogP contribution in [-0.4, -0.2) is 20.8 Å². The number of hydrogen-bond acceptors (Lipinski definition) is 4. The van der Waals surface area contributed by atoms with Crippen LogP contribution in [0.15, 0.2) is 71.9 Å². The van der Waals surface area contributed by atoms with Gasteiger partial charge in [-0.2, -0.15) is 0 Å². The van der Waals surface area contributed by atoms with Gasteiger partial charge < -0.3 is 10.6 Å². The lowest BCUT2D eigenvalue weighted by Crippen LogP contribution is -2.29. The van der Waals surface area contributed by atoms with Gasteiger partial charge in [-0.25, -0.2) is 13.6 Å². The molecule has 0 atom stereocenters. The lowest BCUT2D eigenvalue weighted by Gasteiger charge is -2.13. The van der Waals surface area contributed by atoms with E-state index < -0.39 is 17.7 Å². The first kappa shape index (κ1) is 24.0. The average Bonchev–Trinajstić information content (AvgIpc) is 3.23. The van der Waals surface area contributed by atoms with E-state index in [4.69, 9.17) is 23.2 Å². The first-order valence-electron chi connectivity index (χ1n) is 9.97. The topological polar surface area (TPSA) is 71.8 Å². The second kappa shape index (κ2) is 10.9. The summed E-state index contributed by atoms with van der Waals surface area (Å²) in [6, 6.07) is 17.3. The Labute approximate surface area is 208 Å². The van der Waals surface area contributed by atoms with E-state index in [1.165, 1.54) is 17.8 Å². The summed E-state index contributed by atoms with van der Waals surface area (Å²) in [7, 11) is 0. The van der Waals surface area contributed by atoms with E-state index in [9.17, 15) is 13.6 Å². The molecule has 0 saturated carbocycles. The molecule has 0 spiro atoms. The highest BCUT2D eigenvalue weighted by molar-refractivity contribution is 7.98. The number of nitrogens with one attached hydrogen (secondary N) is 2. The molecule has 2 N–H and O–H groups in total. The van der Waals surface area contributed by atoms with Gasteiger partial charge in [0.1, 0.15) is 0 Å². The molecule has 4 rings (SSSR count). The fraction of sp³-hybridized carbons (Fsp3) is 0.0870. The summed E-state index contributed by atoms with van der Waals surface area (Å²) < 4.78 is 28.2. The van der Waals surface area contributed by atoms with Crippen molar-refractivity contribution < 1.29 is 13.6 Å². The van der Waals surface area contributed by atoms with Gasteiger partial charge in [0.05, 0.1) is 17.3 Å². The van der Waals surface area contributed by atoms with Crippen molar-refractivity contribution in [1.82, 2.24) is 20.1 Å². The lowest BCUT2D eigenvalue weighted by molar-refractivity contribution is 0.251. The van der Waals surface area contributed by atoms with E-state index >= 15 is 0 Å². The molecule has 34 heavy (non-hydrogen) atoms. The number of carbonyl (C=O) groups is 1. The van der Waals surface area contributed by atoms with Crippen molar-refractivity contribution in [3.05, 3.63) is 99.8 Å². The Bertz CT molecular complexity index is 1320. The molecular weight excluding hydrogens is 503 g/mol. The molecule has 4 aromatic rings. The predicted molar refractivity (Wildman–Crippen MR) is 130 cm³/mol. The van der Waals surface area contributed by atoms with Crippen LogP contribution in [0.2, 0.25) is 10.0 Å². The van der Waals surface area contributed by atoms with E-state index in [1.54, 1.807) is 22.8 Å². The second-order valence-corrected chi connectivity index (χ2v) is 8.83. The van der Waals surface area contributed by atoms with Crippen LogP contribution in [0.25, 0.3) is 5.69 Å². The number of rotatable bonds is 7. The van der Waals surface area contributed by atoms with Crippen LogP contribution in [0.5, 0.6) is 0 Å². The molecular formula is C23H17Cl2F2N5OS. The monoisotopic (exact) mass is 519 g/mol. The van der Waals surface area contributed by atoms with Crippen LogP contribution in [0, 0.1) is 11.6 Å². The van der Waals surface area contributed by atoms with E-state index in [2.05, 4.69) is 20.8 Å². The molecule has 0 fully saturated rings. The number of halogens is 4. The third-order valence-electron chi connectivity index (χ3n) is 4.64. The van der Waals surface area contributed by atoms with E-state index in [-0.39, 0.29) is 12.2 Å². The molecule has 0 aliphatic carbocycles. The third-order valence-corrected chi connectivity index (χ3v) is 6.20. The molecule has 174 valence electrons. The zero-order valence-electron chi connectivity index (χ0n) is 17.4. The molecule has 1 aromatic heterocycles. The standard InChI is InChI=1S/C23H17Cl2F2N5OS/c24-15-6-8-17(25)20(10-15)32-21(30-31-23(32)34-13-14-4-2-1-3-5-14)12-28-22(33)29-16-7-9-18(26)19(27)11-16/h1-11H,12-13H2,(H2,28,29,33). The van der Waals surface area contributed by atoms with Gasteiger partial charge in [0.15, 0.2) is 22.6 Å². The van der Waals surface area contributed by atoms with Crippen LogP contribution in [0.1, 0.15) is 11.4 Å².